The van der Waals surface area contributed by atoms with Crippen molar-refractivity contribution < 1.29 is 32.9 Å². The van der Waals surface area contributed by atoms with Crippen molar-refractivity contribution in [3.63, 3.8) is 0 Å². The first-order valence-electron chi connectivity index (χ1n) is 0. The van der Waals surface area contributed by atoms with Gasteiger partial charge in [0.05, 0.1) is 0 Å². The van der Waals surface area contributed by atoms with Gasteiger partial charge in [-0.1, -0.05) is 0 Å². The molecule has 0 atom stereocenters. The van der Waals surface area contributed by atoms with Crippen molar-refractivity contribution in [3.05, 3.63) is 0 Å². The summed E-state index contributed by atoms with van der Waals surface area (Å²) in [5, 5.41) is 0. The van der Waals surface area contributed by atoms with Gasteiger partial charge in [0.2, 0.25) is 0 Å². The molecule has 0 aromatic heterocycles. The van der Waals surface area contributed by atoms with Gasteiger partial charge in [0.25, 0.3) is 0 Å². The van der Waals surface area contributed by atoms with E-state index in [2.05, 4.69) is 0 Å². The van der Waals surface area contributed by atoms with E-state index in [1.54, 1.807) is 0 Å². The first-order chi connectivity index (χ1) is 0. The minimum absolute atomic E-state index is 0. The third-order valence-electron chi connectivity index (χ3n) is 0. The van der Waals surface area contributed by atoms with E-state index in [9.17, 15) is 0 Å². The smallest absolute Gasteiger partial charge is 3.00 e. The quantitative estimate of drug-likeness (QED) is 0.211. The fourth-order valence-corrected chi connectivity index (χ4v) is 0. The van der Waals surface area contributed by atoms with Crippen molar-refractivity contribution in [2.24, 2.45) is 0 Å². The molecule has 0 aliphatic rings. The van der Waals surface area contributed by atoms with Crippen LogP contribution in [0.4, 0.5) is 0 Å². The Balaban J connectivity index is 0. The second-order valence-electron chi connectivity index (χ2n) is 0. The van der Waals surface area contributed by atoms with Gasteiger partial charge in [-0.25, -0.2) is 0 Å². The molecular formula is Al5As6Ga5O6. The maximum absolute atomic E-state index is 0. The van der Waals surface area contributed by atoms with Gasteiger partial charge in [-0.15, -0.1) is 0 Å². The van der Waals surface area contributed by atoms with Gasteiger partial charge in [-0.3, -0.25) is 0 Å². The molecule has 0 aromatic carbocycles. The molecule has 96 valence electrons. The van der Waals surface area contributed by atoms with Crippen LogP contribution in [0.5, 0.6) is 0 Å². The summed E-state index contributed by atoms with van der Waals surface area (Å²) in [6.45, 7) is 0. The Morgan fingerprint density at radius 2 is 0.182 bits per heavy atom. The molecule has 0 rings (SSSR count). The summed E-state index contributed by atoms with van der Waals surface area (Å²) >= 11 is 0. The van der Waals surface area contributed by atoms with Crippen molar-refractivity contribution in [1.82, 2.24) is 0 Å². The summed E-state index contributed by atoms with van der Waals surface area (Å²) in [7, 11) is 0. The molecule has 0 unspecified atom stereocenters. The van der Waals surface area contributed by atoms with Crippen LogP contribution in [0.1, 0.15) is 0 Å². The molecule has 0 aliphatic heterocycles. The van der Waals surface area contributed by atoms with Gasteiger partial charge in [0, 0.05) is 0 Å². The Morgan fingerprint density at radius 3 is 0.182 bits per heavy atom. The van der Waals surface area contributed by atoms with Crippen LogP contribution in [0.3, 0.4) is 0 Å². The third-order valence-corrected chi connectivity index (χ3v) is 0. The molecule has 0 heterocycles. The van der Waals surface area contributed by atoms with Crippen LogP contribution in [0.2, 0.25) is 0 Å². The van der Waals surface area contributed by atoms with Crippen molar-refractivity contribution in [1.29, 1.82) is 0 Å². The maximum atomic E-state index is 0. The predicted molar refractivity (Wildman–Crippen MR) is 96.2 cm³/mol. The van der Waals surface area contributed by atoms with E-state index < -0.39 is 0 Å². The Kier molecular flexibility index (Phi) is 4930. The van der Waals surface area contributed by atoms with E-state index in [-0.39, 0.29) is 326 Å². The molecule has 0 saturated carbocycles. The van der Waals surface area contributed by atoms with Gasteiger partial charge < -0.3 is 141 Å². The molecule has 0 bridgehead atoms. The average Bonchev–Trinajstić information content (AvgIpc) is 0. The molecule has 22 heavy (non-hydrogen) atoms. The Hall–Kier alpha value is 8.95. The van der Waals surface area contributed by atoms with Crippen LogP contribution in [-0.4, -0.2) is 293 Å². The first kappa shape index (κ1) is 346. The molecule has 22 heteroatoms. The Morgan fingerprint density at radius 1 is 0.182 bits per heavy atom. The van der Waals surface area contributed by atoms with Gasteiger partial charge in [-0.2, -0.15) is 0 Å². The Bertz CT molecular complexity index is 43.9. The second-order valence-corrected chi connectivity index (χ2v) is 0. The van der Waals surface area contributed by atoms with Crippen LogP contribution in [0.25, 0.3) is 0 Å². The van der Waals surface area contributed by atoms with Gasteiger partial charge in [-0.05, 0) is 0 Å². The summed E-state index contributed by atoms with van der Waals surface area (Å²) < 4.78 is 0. The van der Waals surface area contributed by atoms with Crippen molar-refractivity contribution in [3.8, 4) is 0 Å². The van der Waals surface area contributed by atoms with E-state index >= 15 is 0 Å². The number of hydrogen-bond donors (Lipinski definition) is 0. The summed E-state index contributed by atoms with van der Waals surface area (Å²) in [6, 6.07) is 0. The zero-order valence-electron chi connectivity index (χ0n) is 10.9. The fraction of sp³-hybridized carbons (Fsp3) is 0. The monoisotopic (exact) mass is 1030 g/mol. The van der Waals surface area contributed by atoms with E-state index in [0.717, 1.165) is 0 Å². The molecule has 0 amide bonds. The second kappa shape index (κ2) is 313. The van der Waals surface area contributed by atoms with E-state index in [0.29, 0.717) is 0 Å². The van der Waals surface area contributed by atoms with Crippen LogP contribution in [0, 0.1) is 0 Å². The van der Waals surface area contributed by atoms with Gasteiger partial charge >= 0.3 is 186 Å². The SMILES string of the molecule is [Al+3].[Al+3].[Al+3].[Al+3].[Al+3].[As-3].[As-3].[As-3].[As-3].[As-3].[As-3].[Ga+3].[Ga+3].[Ga+3].[Ga+3].[Ga+3].[O-2].[O-2].[O-2].[O-2].[O-2].[O-2]. The summed E-state index contributed by atoms with van der Waals surface area (Å²) in [5.41, 5.74) is 0. The standard InChI is InChI=1S/5Al.6As.5Ga.6O/q5*+3;6*-3;5*+3;6*-2. The molecule has 0 N–H and O–H groups in total. The molecule has 0 saturated heterocycles. The van der Waals surface area contributed by atoms with Crippen molar-refractivity contribution in [2.75, 3.05) is 0 Å². The normalized spacial score (nSPS) is 0. The minimum Gasteiger partial charge on any atom is -3.00 e. The Labute approximate surface area is 319 Å². The zero-order valence-corrected chi connectivity index (χ0v) is 40.1. The number of hydrogen-bond acceptors (Lipinski definition) is 0. The topological polar surface area (TPSA) is 171 Å². The molecule has 0 radical (unpaired) electrons. The first-order valence-corrected chi connectivity index (χ1v) is 0. The molecular weight excluding hydrogens is 1030 g/mol. The zero-order chi connectivity index (χ0) is 0. The van der Waals surface area contributed by atoms with E-state index in [1.165, 1.54) is 0 Å². The maximum Gasteiger partial charge on any atom is 3.00 e. The van der Waals surface area contributed by atoms with Crippen LogP contribution in [0.15, 0.2) is 0 Å². The third kappa shape index (κ3) is 282. The van der Waals surface area contributed by atoms with Crippen LogP contribution < -0.4 is 0 Å². The van der Waals surface area contributed by atoms with E-state index in [1.807, 2.05) is 0 Å². The molecule has 0 fully saturated rings. The van der Waals surface area contributed by atoms with Crippen molar-refractivity contribution >= 4 is 293 Å². The summed E-state index contributed by atoms with van der Waals surface area (Å²) in [6.07, 6.45) is 0. The summed E-state index contributed by atoms with van der Waals surface area (Å²) in [4.78, 5) is 0. The number of rotatable bonds is 0. The minimum atomic E-state index is 0. The molecule has 0 spiro atoms. The molecule has 0 aromatic rings. The van der Waals surface area contributed by atoms with Crippen LogP contribution in [-0.2, 0) is 32.9 Å². The van der Waals surface area contributed by atoms with Crippen molar-refractivity contribution in [2.45, 2.75) is 0 Å². The van der Waals surface area contributed by atoms with Crippen LogP contribution >= 0.6 is 0 Å². The molecule has 6 nitrogen and oxygen atoms in total. The van der Waals surface area contributed by atoms with E-state index in [4.69, 9.17) is 0 Å². The summed E-state index contributed by atoms with van der Waals surface area (Å²) in [5.74, 6) is 0. The molecule has 0 aliphatic carbocycles. The van der Waals surface area contributed by atoms with Gasteiger partial charge in [0.1, 0.15) is 0 Å². The average molecular weight is 1030 g/mol. The predicted octanol–water partition coefficient (Wildman–Crippen LogP) is -6.81. The largest absolute Gasteiger partial charge is 3.00 e. The fourth-order valence-electron chi connectivity index (χ4n) is 0. The van der Waals surface area contributed by atoms with Gasteiger partial charge in [0.15, 0.2) is 0 Å².